The number of aromatic nitrogens is 4. The van der Waals surface area contributed by atoms with E-state index < -0.39 is 0 Å². The molecule has 0 aliphatic rings. The number of anilines is 3. The Bertz CT molecular complexity index is 3160. The molecule has 0 amide bonds. The second-order valence-electron chi connectivity index (χ2n) is 18.0. The van der Waals surface area contributed by atoms with Gasteiger partial charge in [-0.05, 0) is 97.5 Å². The second-order valence-corrected chi connectivity index (χ2v) is 18.0. The van der Waals surface area contributed by atoms with E-state index in [0.717, 1.165) is 67.4 Å². The Morgan fingerprint density at radius 2 is 1.08 bits per heavy atom. The monoisotopic (exact) mass is 792 g/mol. The first kappa shape index (κ1) is 38.0. The van der Waals surface area contributed by atoms with E-state index in [9.17, 15) is 0 Å². The molecule has 5 heteroatoms. The molecule has 5 nitrogen and oxygen atoms in total. The van der Waals surface area contributed by atoms with Crippen molar-refractivity contribution in [1.82, 2.24) is 18.7 Å². The van der Waals surface area contributed by atoms with Gasteiger partial charge in [0.25, 0.3) is 0 Å². The average Bonchev–Trinajstić information content (AvgIpc) is 3.84. The highest BCUT2D eigenvalue weighted by Crippen LogP contribution is 2.48. The van der Waals surface area contributed by atoms with Crippen LogP contribution >= 0.6 is 0 Å². The minimum atomic E-state index is -0.108. The maximum Gasteiger partial charge on any atom is 0.191 e. The summed E-state index contributed by atoms with van der Waals surface area (Å²) in [7, 11) is 0. The van der Waals surface area contributed by atoms with Gasteiger partial charge < -0.3 is 4.90 Å². The van der Waals surface area contributed by atoms with Crippen LogP contribution in [0.5, 0.6) is 0 Å². The van der Waals surface area contributed by atoms with E-state index in [2.05, 4.69) is 248 Å². The van der Waals surface area contributed by atoms with E-state index in [0.29, 0.717) is 0 Å². The summed E-state index contributed by atoms with van der Waals surface area (Å²) in [6.45, 7) is 13.6. The number of benzene rings is 7. The van der Waals surface area contributed by atoms with Crippen molar-refractivity contribution in [3.05, 3.63) is 200 Å². The van der Waals surface area contributed by atoms with Gasteiger partial charge in [-0.25, -0.2) is 9.55 Å². The zero-order valence-corrected chi connectivity index (χ0v) is 35.7. The van der Waals surface area contributed by atoms with E-state index in [-0.39, 0.29) is 11.0 Å². The SMILES string of the molecule is CC(C)(C)c1ccnc(-n2c3ccccc3c3ccc(N(c4cccc(-n5[cH+]n(C(C)(C)C)c6ccccc65)c4)c4c(-c5ccccc5)cccc4-c4ccccc4)cc32)c1. The van der Waals surface area contributed by atoms with Gasteiger partial charge in [0, 0.05) is 58.0 Å². The van der Waals surface area contributed by atoms with Crippen molar-refractivity contribution < 1.29 is 0 Å². The molecule has 0 bridgehead atoms. The van der Waals surface area contributed by atoms with Crippen molar-refractivity contribution in [2.45, 2.75) is 52.5 Å². The topological polar surface area (TPSA) is 30.9 Å². The fourth-order valence-electron chi connectivity index (χ4n) is 8.88. The fraction of sp³-hybridized carbons (Fsp3) is 0.143. The molecule has 10 aromatic rings. The van der Waals surface area contributed by atoms with Crippen LogP contribution in [0.3, 0.4) is 0 Å². The van der Waals surface area contributed by atoms with Crippen LogP contribution in [-0.4, -0.2) is 18.7 Å². The maximum absolute atomic E-state index is 5.03. The van der Waals surface area contributed by atoms with Gasteiger partial charge in [0.15, 0.2) is 17.4 Å². The number of nitrogens with zero attached hydrogens (tertiary/aromatic N) is 5. The summed E-state index contributed by atoms with van der Waals surface area (Å²) < 4.78 is 7.05. The van der Waals surface area contributed by atoms with Crippen LogP contribution in [0.25, 0.3) is 66.6 Å². The Balaban J connectivity index is 1.29. The molecular weight excluding hydrogens is 743 g/mol. The summed E-state index contributed by atoms with van der Waals surface area (Å²) in [5, 5.41) is 2.38. The molecule has 0 saturated heterocycles. The summed E-state index contributed by atoms with van der Waals surface area (Å²) in [5.41, 5.74) is 14.5. The van der Waals surface area contributed by atoms with Crippen LogP contribution in [0, 0.1) is 0 Å². The molecule has 0 radical (unpaired) electrons. The normalized spacial score (nSPS) is 12.1. The predicted octanol–water partition coefficient (Wildman–Crippen LogP) is 15.1. The second kappa shape index (κ2) is 14.8. The molecule has 7 aromatic carbocycles. The number of pyridine rings is 1. The van der Waals surface area contributed by atoms with Gasteiger partial charge in [0.05, 0.1) is 27.9 Å². The lowest BCUT2D eigenvalue weighted by atomic mass is 9.88. The summed E-state index contributed by atoms with van der Waals surface area (Å²) in [6, 6.07) is 66.0. The third kappa shape index (κ3) is 6.76. The molecule has 3 heterocycles. The smallest absolute Gasteiger partial charge is 0.191 e. The van der Waals surface area contributed by atoms with Crippen LogP contribution < -0.4 is 4.90 Å². The van der Waals surface area contributed by atoms with Crippen LogP contribution in [0.2, 0.25) is 0 Å². The molecule has 0 aliphatic carbocycles. The van der Waals surface area contributed by atoms with Crippen LogP contribution in [-0.2, 0) is 11.0 Å². The van der Waals surface area contributed by atoms with Crippen molar-refractivity contribution in [3.63, 3.8) is 0 Å². The molecule has 10 rings (SSSR count). The summed E-state index contributed by atoms with van der Waals surface area (Å²) >= 11 is 0. The zero-order chi connectivity index (χ0) is 41.9. The van der Waals surface area contributed by atoms with Crippen LogP contribution in [0.1, 0.15) is 47.1 Å². The van der Waals surface area contributed by atoms with E-state index in [1.807, 2.05) is 6.20 Å². The molecule has 298 valence electrons. The third-order valence-electron chi connectivity index (χ3n) is 11.9. The number of imidazole rings is 1. The molecule has 0 fully saturated rings. The molecule has 0 aliphatic heterocycles. The summed E-state index contributed by atoms with van der Waals surface area (Å²) in [4.78, 5) is 7.50. The van der Waals surface area contributed by atoms with Gasteiger partial charge in [-0.3, -0.25) is 4.57 Å². The first-order valence-electron chi connectivity index (χ1n) is 21.2. The molecular formula is C56H50N5+. The lowest BCUT2D eigenvalue weighted by Crippen LogP contribution is -2.20. The molecule has 0 spiro atoms. The zero-order valence-electron chi connectivity index (χ0n) is 35.7. The van der Waals surface area contributed by atoms with Gasteiger partial charge >= 0.3 is 0 Å². The third-order valence-corrected chi connectivity index (χ3v) is 11.9. The Kier molecular flexibility index (Phi) is 9.21. The van der Waals surface area contributed by atoms with Crippen LogP contribution in [0.4, 0.5) is 17.1 Å². The van der Waals surface area contributed by atoms with E-state index in [1.165, 1.54) is 21.9 Å². The van der Waals surface area contributed by atoms with Gasteiger partial charge in [0.2, 0.25) is 0 Å². The average molecular weight is 793 g/mol. The van der Waals surface area contributed by atoms with Crippen molar-refractivity contribution in [2.75, 3.05) is 4.90 Å². The number of rotatable bonds is 7. The number of fused-ring (bicyclic) bond motifs is 4. The number of hydrogen-bond acceptors (Lipinski definition) is 2. The highest BCUT2D eigenvalue weighted by atomic mass is 15.2. The Morgan fingerprint density at radius 1 is 0.492 bits per heavy atom. The number of para-hydroxylation sites is 4. The van der Waals surface area contributed by atoms with E-state index in [1.54, 1.807) is 0 Å². The lowest BCUT2D eigenvalue weighted by Gasteiger charge is -2.30. The van der Waals surface area contributed by atoms with Crippen molar-refractivity contribution in [2.24, 2.45) is 0 Å². The molecule has 0 saturated carbocycles. The van der Waals surface area contributed by atoms with Crippen molar-refractivity contribution in [1.29, 1.82) is 0 Å². The summed E-state index contributed by atoms with van der Waals surface area (Å²) in [6.07, 6.45) is 4.21. The quantitative estimate of drug-likeness (QED) is 0.151. The van der Waals surface area contributed by atoms with Gasteiger partial charge in [-0.1, -0.05) is 124 Å². The number of hydrogen-bond donors (Lipinski definition) is 0. The minimum absolute atomic E-state index is 0.0321. The lowest BCUT2D eigenvalue weighted by molar-refractivity contribution is 0.406. The van der Waals surface area contributed by atoms with Gasteiger partial charge in [-0.2, -0.15) is 4.57 Å². The molecule has 0 atom stereocenters. The molecule has 0 unspecified atom stereocenters. The Labute approximate surface area is 358 Å². The Morgan fingerprint density at radius 3 is 1.75 bits per heavy atom. The molecule has 3 aromatic heterocycles. The highest BCUT2D eigenvalue weighted by molar-refractivity contribution is 6.11. The highest BCUT2D eigenvalue weighted by Gasteiger charge is 2.27. The first-order chi connectivity index (χ1) is 29.5. The maximum atomic E-state index is 5.03. The minimum Gasteiger partial charge on any atom is -0.308 e. The predicted molar refractivity (Wildman–Crippen MR) is 257 cm³/mol. The Hall–Kier alpha value is -7.24. The first-order valence-corrected chi connectivity index (χ1v) is 21.2. The fourth-order valence-corrected chi connectivity index (χ4v) is 8.88. The molecule has 0 N–H and O–H groups in total. The largest absolute Gasteiger partial charge is 0.308 e. The van der Waals surface area contributed by atoms with Gasteiger partial charge in [0.1, 0.15) is 11.5 Å². The molecule has 61 heavy (non-hydrogen) atoms. The van der Waals surface area contributed by atoms with Gasteiger partial charge in [-0.15, -0.1) is 0 Å². The van der Waals surface area contributed by atoms with E-state index in [4.69, 9.17) is 4.98 Å². The standard InChI is InChI=1S/C56H50N5/c1-55(2,3)41-33-34-57-53(35-41)61-49-28-14-13-25-47(49)48-32-31-44(37-52(48)61)60(54-45(39-19-9-7-10-20-39)26-18-27-46(54)40-21-11-8-12-22-40)43-24-17-23-42(36-43)58-38-59(56(4,5)6)51-30-16-15-29-50(51)58/h7-38H,1-6H3/q+1. The van der Waals surface area contributed by atoms with Crippen LogP contribution in [0.15, 0.2) is 195 Å². The van der Waals surface area contributed by atoms with E-state index >= 15 is 0 Å². The van der Waals surface area contributed by atoms with Crippen molar-refractivity contribution in [3.8, 4) is 33.8 Å². The van der Waals surface area contributed by atoms with Crippen molar-refractivity contribution >= 4 is 49.9 Å². The summed E-state index contributed by atoms with van der Waals surface area (Å²) in [5.74, 6) is 0.908.